The molecular weight excluding hydrogens is 355 g/mol. The van der Waals surface area contributed by atoms with E-state index in [1.807, 2.05) is 4.90 Å². The third kappa shape index (κ3) is 4.08. The lowest BCUT2D eigenvalue weighted by Gasteiger charge is -2.41. The number of piperidine rings is 1. The molecule has 1 N–H and O–H groups in total. The van der Waals surface area contributed by atoms with Crippen LogP contribution in [0.4, 0.5) is 10.1 Å². The Morgan fingerprint density at radius 2 is 1.50 bits per heavy atom. The molecule has 1 aliphatic heterocycles. The SMILES string of the molecule is O=C(Nc1ccc(C(=O)N2CC[C@H]3CCCC[C@H]3C2)cc1)c1ccc(F)cc1. The van der Waals surface area contributed by atoms with Gasteiger partial charge in [-0.2, -0.15) is 0 Å². The van der Waals surface area contributed by atoms with Crippen LogP contribution in [0.15, 0.2) is 48.5 Å². The molecule has 0 bridgehead atoms. The lowest BCUT2D eigenvalue weighted by Crippen LogP contribution is -2.44. The standard InChI is InChI=1S/C23H25FN2O2/c24-20-9-5-17(6-10-20)22(27)25-21-11-7-18(8-12-21)23(28)26-14-13-16-3-1-2-4-19(16)15-26/h5-12,16,19H,1-4,13-15H2,(H,25,27)/t16-,19+/m1/s1. The molecular formula is C23H25FN2O2. The van der Waals surface area contributed by atoms with E-state index in [1.54, 1.807) is 24.3 Å². The Hall–Kier alpha value is -2.69. The van der Waals surface area contributed by atoms with Crippen molar-refractivity contribution in [3.8, 4) is 0 Å². The Morgan fingerprint density at radius 3 is 2.21 bits per heavy atom. The highest BCUT2D eigenvalue weighted by Crippen LogP contribution is 2.36. The first-order valence-electron chi connectivity index (χ1n) is 10.1. The van der Waals surface area contributed by atoms with Gasteiger partial charge in [-0.05, 0) is 73.2 Å². The molecule has 4 nitrogen and oxygen atoms in total. The number of benzene rings is 2. The number of rotatable bonds is 3. The van der Waals surface area contributed by atoms with Crippen molar-refractivity contribution in [2.75, 3.05) is 18.4 Å². The number of halogens is 1. The Balaban J connectivity index is 1.38. The molecule has 2 aliphatic rings. The van der Waals surface area contributed by atoms with Crippen LogP contribution in [0.2, 0.25) is 0 Å². The molecule has 2 aromatic rings. The first-order chi connectivity index (χ1) is 13.6. The molecule has 1 saturated carbocycles. The molecule has 2 amide bonds. The maximum Gasteiger partial charge on any atom is 0.255 e. The van der Waals surface area contributed by atoms with Gasteiger partial charge in [-0.15, -0.1) is 0 Å². The molecule has 1 saturated heterocycles. The molecule has 5 heteroatoms. The molecule has 28 heavy (non-hydrogen) atoms. The van der Waals surface area contributed by atoms with Crippen LogP contribution in [0.25, 0.3) is 0 Å². The smallest absolute Gasteiger partial charge is 0.255 e. The highest BCUT2D eigenvalue weighted by molar-refractivity contribution is 6.04. The van der Waals surface area contributed by atoms with Crippen LogP contribution < -0.4 is 5.32 Å². The van der Waals surface area contributed by atoms with E-state index in [0.717, 1.165) is 25.4 Å². The van der Waals surface area contributed by atoms with Gasteiger partial charge in [0, 0.05) is 29.9 Å². The highest BCUT2D eigenvalue weighted by Gasteiger charge is 2.33. The van der Waals surface area contributed by atoms with E-state index in [4.69, 9.17) is 0 Å². The van der Waals surface area contributed by atoms with Crippen LogP contribution in [0.5, 0.6) is 0 Å². The van der Waals surface area contributed by atoms with Crippen molar-refractivity contribution >= 4 is 17.5 Å². The fraction of sp³-hybridized carbons (Fsp3) is 0.391. The summed E-state index contributed by atoms with van der Waals surface area (Å²) >= 11 is 0. The molecule has 2 atom stereocenters. The molecule has 146 valence electrons. The number of nitrogens with zero attached hydrogens (tertiary/aromatic N) is 1. The third-order valence-corrected chi connectivity index (χ3v) is 6.07. The van der Waals surface area contributed by atoms with Crippen molar-refractivity contribution in [1.82, 2.24) is 4.90 Å². The summed E-state index contributed by atoms with van der Waals surface area (Å²) in [6.07, 6.45) is 6.28. The van der Waals surface area contributed by atoms with Crippen molar-refractivity contribution in [2.45, 2.75) is 32.1 Å². The summed E-state index contributed by atoms with van der Waals surface area (Å²) in [6, 6.07) is 12.4. The minimum absolute atomic E-state index is 0.0698. The maximum atomic E-state index is 13.0. The summed E-state index contributed by atoms with van der Waals surface area (Å²) in [7, 11) is 0. The zero-order valence-electron chi connectivity index (χ0n) is 15.9. The fourth-order valence-electron chi connectivity index (χ4n) is 4.47. The van der Waals surface area contributed by atoms with E-state index >= 15 is 0 Å². The number of hydrogen-bond donors (Lipinski definition) is 1. The number of hydrogen-bond acceptors (Lipinski definition) is 2. The normalized spacial score (nSPS) is 21.7. The van der Waals surface area contributed by atoms with Gasteiger partial charge in [-0.1, -0.05) is 19.3 Å². The zero-order valence-corrected chi connectivity index (χ0v) is 15.9. The predicted octanol–water partition coefficient (Wildman–Crippen LogP) is 4.73. The first kappa shape index (κ1) is 18.7. The molecule has 0 spiro atoms. The van der Waals surface area contributed by atoms with Crippen molar-refractivity contribution in [1.29, 1.82) is 0 Å². The Bertz CT molecular complexity index is 848. The maximum absolute atomic E-state index is 13.0. The topological polar surface area (TPSA) is 49.4 Å². The second-order valence-corrected chi connectivity index (χ2v) is 7.88. The number of carbonyl (C=O) groups is 2. The molecule has 1 aliphatic carbocycles. The van der Waals surface area contributed by atoms with Gasteiger partial charge < -0.3 is 10.2 Å². The molecule has 4 rings (SSSR count). The van der Waals surface area contributed by atoms with Crippen LogP contribution >= 0.6 is 0 Å². The molecule has 0 aromatic heterocycles. The van der Waals surface area contributed by atoms with E-state index in [2.05, 4.69) is 5.32 Å². The molecule has 0 radical (unpaired) electrons. The monoisotopic (exact) mass is 380 g/mol. The summed E-state index contributed by atoms with van der Waals surface area (Å²) < 4.78 is 13.0. The minimum atomic E-state index is -0.378. The fourth-order valence-corrected chi connectivity index (χ4v) is 4.47. The van der Waals surface area contributed by atoms with Crippen LogP contribution in [0.1, 0.15) is 52.8 Å². The Labute approximate surface area is 164 Å². The number of anilines is 1. The van der Waals surface area contributed by atoms with Gasteiger partial charge in [0.15, 0.2) is 0 Å². The second kappa shape index (κ2) is 8.13. The third-order valence-electron chi connectivity index (χ3n) is 6.07. The quantitative estimate of drug-likeness (QED) is 0.837. The van der Waals surface area contributed by atoms with Gasteiger partial charge >= 0.3 is 0 Å². The van der Waals surface area contributed by atoms with Crippen molar-refractivity contribution in [3.63, 3.8) is 0 Å². The summed E-state index contributed by atoms with van der Waals surface area (Å²) in [6.45, 7) is 1.70. The number of nitrogens with one attached hydrogen (secondary N) is 1. The van der Waals surface area contributed by atoms with E-state index in [0.29, 0.717) is 22.7 Å². The van der Waals surface area contributed by atoms with Crippen LogP contribution in [-0.2, 0) is 0 Å². The van der Waals surface area contributed by atoms with Gasteiger partial charge in [0.05, 0.1) is 0 Å². The summed E-state index contributed by atoms with van der Waals surface area (Å²) in [5, 5.41) is 2.77. The predicted molar refractivity (Wildman–Crippen MR) is 107 cm³/mol. The summed E-state index contributed by atoms with van der Waals surface area (Å²) in [5.41, 5.74) is 1.64. The van der Waals surface area contributed by atoms with Crippen molar-refractivity contribution in [2.24, 2.45) is 11.8 Å². The number of amides is 2. The van der Waals surface area contributed by atoms with E-state index < -0.39 is 0 Å². The van der Waals surface area contributed by atoms with Gasteiger partial charge in [0.25, 0.3) is 11.8 Å². The molecule has 2 aromatic carbocycles. The van der Waals surface area contributed by atoms with Crippen LogP contribution in [-0.4, -0.2) is 29.8 Å². The number of fused-ring (bicyclic) bond motifs is 1. The van der Waals surface area contributed by atoms with Crippen LogP contribution in [0, 0.1) is 17.7 Å². The van der Waals surface area contributed by atoms with Crippen molar-refractivity contribution in [3.05, 3.63) is 65.5 Å². The number of likely N-dealkylation sites (tertiary alicyclic amines) is 1. The van der Waals surface area contributed by atoms with E-state index in [9.17, 15) is 14.0 Å². The lowest BCUT2D eigenvalue weighted by atomic mass is 9.75. The average molecular weight is 380 g/mol. The van der Waals surface area contributed by atoms with Gasteiger partial charge in [-0.3, -0.25) is 9.59 Å². The molecule has 1 heterocycles. The largest absolute Gasteiger partial charge is 0.338 e. The first-order valence-corrected chi connectivity index (χ1v) is 10.1. The van der Waals surface area contributed by atoms with Crippen molar-refractivity contribution < 1.29 is 14.0 Å². The average Bonchev–Trinajstić information content (AvgIpc) is 2.74. The molecule has 2 fully saturated rings. The highest BCUT2D eigenvalue weighted by atomic mass is 19.1. The summed E-state index contributed by atoms with van der Waals surface area (Å²) in [5.74, 6) is 0.832. The zero-order chi connectivity index (χ0) is 19.5. The van der Waals surface area contributed by atoms with Gasteiger partial charge in [0.2, 0.25) is 0 Å². The Morgan fingerprint density at radius 1 is 0.857 bits per heavy atom. The Kier molecular flexibility index (Phi) is 5.42. The number of carbonyl (C=O) groups excluding carboxylic acids is 2. The van der Waals surface area contributed by atoms with Crippen LogP contribution in [0.3, 0.4) is 0 Å². The van der Waals surface area contributed by atoms with Gasteiger partial charge in [0.1, 0.15) is 5.82 Å². The van der Waals surface area contributed by atoms with Gasteiger partial charge in [-0.25, -0.2) is 4.39 Å². The second-order valence-electron chi connectivity index (χ2n) is 7.88. The van der Waals surface area contributed by atoms with E-state index in [1.165, 1.54) is 49.9 Å². The lowest BCUT2D eigenvalue weighted by molar-refractivity contribution is 0.0521. The summed E-state index contributed by atoms with van der Waals surface area (Å²) in [4.78, 5) is 27.1. The molecule has 0 unspecified atom stereocenters. The van der Waals surface area contributed by atoms with E-state index in [-0.39, 0.29) is 17.6 Å². The minimum Gasteiger partial charge on any atom is -0.338 e.